The molecule has 0 bridgehead atoms. The van der Waals surface area contributed by atoms with Crippen LogP contribution in [0.2, 0.25) is 0 Å². The van der Waals surface area contributed by atoms with Crippen molar-refractivity contribution in [2.24, 2.45) is 0 Å². The van der Waals surface area contributed by atoms with Gasteiger partial charge in [-0.1, -0.05) is 32.9 Å². The van der Waals surface area contributed by atoms with Crippen LogP contribution in [-0.2, 0) is 19.3 Å². The van der Waals surface area contributed by atoms with Gasteiger partial charge in [0, 0.05) is 0 Å². The maximum absolute atomic E-state index is 2.48. The van der Waals surface area contributed by atoms with Gasteiger partial charge in [-0.2, -0.15) is 0 Å². The summed E-state index contributed by atoms with van der Waals surface area (Å²) in [5.74, 6) is 0.782. The highest BCUT2D eigenvalue weighted by atomic mass is 14.2. The third-order valence-electron chi connectivity index (χ3n) is 3.84. The lowest BCUT2D eigenvalue weighted by Gasteiger charge is -2.24. The number of hydrogen-bond donors (Lipinski definition) is 0. The normalized spacial score (nSPS) is 20.1. The van der Waals surface area contributed by atoms with E-state index in [9.17, 15) is 0 Å². The lowest BCUT2D eigenvalue weighted by Crippen LogP contribution is -2.09. The Morgan fingerprint density at radius 2 is 1.80 bits per heavy atom. The van der Waals surface area contributed by atoms with Gasteiger partial charge in [-0.05, 0) is 60.3 Å². The molecule has 1 aromatic rings. The van der Waals surface area contributed by atoms with Crippen molar-refractivity contribution in [3.63, 3.8) is 0 Å². The highest BCUT2D eigenvalue weighted by Gasteiger charge is 2.17. The predicted octanol–water partition coefficient (Wildman–Crippen LogP) is 4.25. The molecule has 1 aliphatic carbocycles. The molecule has 1 atom stereocenters. The molecule has 0 unspecified atom stereocenters. The summed E-state index contributed by atoms with van der Waals surface area (Å²) < 4.78 is 0. The summed E-state index contributed by atoms with van der Waals surface area (Å²) in [6.07, 6.45) is 6.43. The first-order valence-corrected chi connectivity index (χ1v) is 6.40. The minimum Gasteiger partial charge on any atom is -0.0613 e. The fraction of sp³-hybridized carbons (Fsp3) is 0.600. The molecule has 2 rings (SSSR count). The molecule has 0 heteroatoms. The molecule has 0 aromatic heterocycles. The summed E-state index contributed by atoms with van der Waals surface area (Å²) >= 11 is 0. The van der Waals surface area contributed by atoms with Gasteiger partial charge in [-0.15, -0.1) is 0 Å². The lowest BCUT2D eigenvalue weighted by atomic mass is 9.81. The third kappa shape index (κ3) is 1.95. The summed E-state index contributed by atoms with van der Waals surface area (Å²) in [7, 11) is 0. The van der Waals surface area contributed by atoms with Crippen LogP contribution in [-0.4, -0.2) is 0 Å². The van der Waals surface area contributed by atoms with Crippen molar-refractivity contribution in [3.05, 3.63) is 34.4 Å². The van der Waals surface area contributed by atoms with Gasteiger partial charge in [0.1, 0.15) is 0 Å². The molecule has 0 saturated carbocycles. The standard InChI is InChI=1S/C15H22/c1-4-12-9-14-8-6-7-11(3)15(14)10-13(12)5-2/h9-11H,4-8H2,1-3H3/t11-/m0/s1. The molecule has 0 aliphatic heterocycles. The second-order valence-electron chi connectivity index (χ2n) is 4.82. The van der Waals surface area contributed by atoms with E-state index in [4.69, 9.17) is 0 Å². The summed E-state index contributed by atoms with van der Waals surface area (Å²) in [5, 5.41) is 0. The Balaban J connectivity index is 2.48. The number of hydrogen-bond acceptors (Lipinski definition) is 0. The molecule has 15 heavy (non-hydrogen) atoms. The number of aryl methyl sites for hydroxylation is 3. The molecule has 0 radical (unpaired) electrons. The van der Waals surface area contributed by atoms with Crippen molar-refractivity contribution in [1.29, 1.82) is 0 Å². The molecule has 0 N–H and O–H groups in total. The van der Waals surface area contributed by atoms with E-state index in [-0.39, 0.29) is 0 Å². The van der Waals surface area contributed by atoms with Gasteiger partial charge in [0.25, 0.3) is 0 Å². The Bertz CT molecular complexity index is 349. The smallest absolute Gasteiger partial charge is 0.0187 e. The van der Waals surface area contributed by atoms with E-state index in [0.717, 1.165) is 5.92 Å². The first-order valence-electron chi connectivity index (χ1n) is 6.40. The maximum Gasteiger partial charge on any atom is -0.0187 e. The zero-order chi connectivity index (χ0) is 10.8. The average Bonchev–Trinajstić information content (AvgIpc) is 2.28. The van der Waals surface area contributed by atoms with Crippen LogP contribution in [0.4, 0.5) is 0 Å². The van der Waals surface area contributed by atoms with Crippen molar-refractivity contribution in [2.75, 3.05) is 0 Å². The Labute approximate surface area is 93.7 Å². The van der Waals surface area contributed by atoms with Gasteiger partial charge in [0.2, 0.25) is 0 Å². The monoisotopic (exact) mass is 202 g/mol. The van der Waals surface area contributed by atoms with Gasteiger partial charge < -0.3 is 0 Å². The Morgan fingerprint density at radius 1 is 1.13 bits per heavy atom. The first kappa shape index (κ1) is 10.7. The molecule has 0 heterocycles. The fourth-order valence-electron chi connectivity index (χ4n) is 2.85. The molecule has 1 aliphatic rings. The van der Waals surface area contributed by atoms with Crippen molar-refractivity contribution >= 4 is 0 Å². The summed E-state index contributed by atoms with van der Waals surface area (Å²) in [4.78, 5) is 0. The Hall–Kier alpha value is -0.780. The Morgan fingerprint density at radius 3 is 2.47 bits per heavy atom. The van der Waals surface area contributed by atoms with Gasteiger partial charge in [-0.25, -0.2) is 0 Å². The van der Waals surface area contributed by atoms with Crippen LogP contribution in [0.5, 0.6) is 0 Å². The summed E-state index contributed by atoms with van der Waals surface area (Å²) in [5.41, 5.74) is 6.41. The molecule has 0 nitrogen and oxygen atoms in total. The second kappa shape index (κ2) is 4.38. The van der Waals surface area contributed by atoms with Crippen LogP contribution in [0.25, 0.3) is 0 Å². The van der Waals surface area contributed by atoms with Gasteiger partial charge in [-0.3, -0.25) is 0 Å². The third-order valence-corrected chi connectivity index (χ3v) is 3.84. The first-order chi connectivity index (χ1) is 7.26. The van der Waals surface area contributed by atoms with Crippen molar-refractivity contribution in [3.8, 4) is 0 Å². The van der Waals surface area contributed by atoms with E-state index in [1.54, 1.807) is 22.3 Å². The topological polar surface area (TPSA) is 0 Å². The van der Waals surface area contributed by atoms with Crippen molar-refractivity contribution in [1.82, 2.24) is 0 Å². The van der Waals surface area contributed by atoms with Crippen LogP contribution < -0.4 is 0 Å². The van der Waals surface area contributed by atoms with E-state index < -0.39 is 0 Å². The van der Waals surface area contributed by atoms with E-state index in [0.29, 0.717) is 0 Å². The van der Waals surface area contributed by atoms with E-state index in [1.165, 1.54) is 32.1 Å². The van der Waals surface area contributed by atoms with Crippen LogP contribution in [0, 0.1) is 0 Å². The molecule has 82 valence electrons. The summed E-state index contributed by atoms with van der Waals surface area (Å²) in [6, 6.07) is 4.96. The zero-order valence-electron chi connectivity index (χ0n) is 10.3. The van der Waals surface area contributed by atoms with E-state index >= 15 is 0 Å². The minimum absolute atomic E-state index is 0.782. The SMILES string of the molecule is CCc1cc2c(cc1CC)[C@@H](C)CCC2. The van der Waals surface area contributed by atoms with Crippen LogP contribution in [0.15, 0.2) is 12.1 Å². The van der Waals surface area contributed by atoms with Crippen LogP contribution >= 0.6 is 0 Å². The number of fused-ring (bicyclic) bond motifs is 1. The van der Waals surface area contributed by atoms with E-state index in [2.05, 4.69) is 32.9 Å². The maximum atomic E-state index is 2.48. The van der Waals surface area contributed by atoms with Crippen LogP contribution in [0.1, 0.15) is 61.8 Å². The van der Waals surface area contributed by atoms with Gasteiger partial charge >= 0.3 is 0 Å². The fourth-order valence-corrected chi connectivity index (χ4v) is 2.85. The van der Waals surface area contributed by atoms with Gasteiger partial charge in [0.05, 0.1) is 0 Å². The molecule has 0 fully saturated rings. The molecule has 1 aromatic carbocycles. The number of benzene rings is 1. The van der Waals surface area contributed by atoms with Crippen molar-refractivity contribution in [2.45, 2.75) is 58.8 Å². The minimum atomic E-state index is 0.782. The van der Waals surface area contributed by atoms with Crippen LogP contribution in [0.3, 0.4) is 0 Å². The second-order valence-corrected chi connectivity index (χ2v) is 4.82. The number of rotatable bonds is 2. The summed E-state index contributed by atoms with van der Waals surface area (Å²) in [6.45, 7) is 6.92. The highest BCUT2D eigenvalue weighted by Crippen LogP contribution is 2.33. The molecular formula is C15H22. The van der Waals surface area contributed by atoms with Crippen molar-refractivity contribution < 1.29 is 0 Å². The quantitative estimate of drug-likeness (QED) is 0.672. The zero-order valence-corrected chi connectivity index (χ0v) is 10.3. The highest BCUT2D eigenvalue weighted by molar-refractivity contribution is 5.41. The van der Waals surface area contributed by atoms with E-state index in [1.807, 2.05) is 0 Å². The van der Waals surface area contributed by atoms with Gasteiger partial charge in [0.15, 0.2) is 0 Å². The average molecular weight is 202 g/mol. The molecular weight excluding hydrogens is 180 g/mol. The largest absolute Gasteiger partial charge is 0.0613 e. The Kier molecular flexibility index (Phi) is 3.14. The molecule has 0 spiro atoms. The predicted molar refractivity (Wildman–Crippen MR) is 66.6 cm³/mol. The molecule has 0 saturated heterocycles. The molecule has 0 amide bonds. The lowest BCUT2D eigenvalue weighted by molar-refractivity contribution is 0.588.